The predicted molar refractivity (Wildman–Crippen MR) is 86.2 cm³/mol. The van der Waals surface area contributed by atoms with Crippen molar-refractivity contribution in [1.82, 2.24) is 5.32 Å². The van der Waals surface area contributed by atoms with Gasteiger partial charge in [0.2, 0.25) is 0 Å². The third-order valence-corrected chi connectivity index (χ3v) is 3.58. The van der Waals surface area contributed by atoms with Gasteiger partial charge >= 0.3 is 0 Å². The summed E-state index contributed by atoms with van der Waals surface area (Å²) in [6.07, 6.45) is 1.15. The largest absolute Gasteiger partial charge is 0.397 e. The summed E-state index contributed by atoms with van der Waals surface area (Å²) in [5.41, 5.74) is 8.43. The zero-order valence-electron chi connectivity index (χ0n) is 13.1. The summed E-state index contributed by atoms with van der Waals surface area (Å²) in [6.45, 7) is 11.0. The van der Waals surface area contributed by atoms with Crippen molar-refractivity contribution in [2.24, 2.45) is 5.92 Å². The third kappa shape index (κ3) is 4.15. The van der Waals surface area contributed by atoms with Gasteiger partial charge in [0, 0.05) is 25.2 Å². The first-order valence-corrected chi connectivity index (χ1v) is 7.46. The fraction of sp³-hybridized carbons (Fsp3) is 0.562. The molecule has 0 radical (unpaired) electrons. The Morgan fingerprint density at radius 2 is 2.05 bits per heavy atom. The van der Waals surface area contributed by atoms with Crippen molar-refractivity contribution >= 4 is 17.3 Å². The molecule has 0 aliphatic carbocycles. The summed E-state index contributed by atoms with van der Waals surface area (Å²) >= 11 is 0. The van der Waals surface area contributed by atoms with Crippen molar-refractivity contribution in [3.05, 3.63) is 23.8 Å². The Morgan fingerprint density at radius 3 is 2.55 bits per heavy atom. The molecule has 0 spiro atoms. The number of carbonyl (C=O) groups excluding carboxylic acids is 1. The van der Waals surface area contributed by atoms with Crippen LogP contribution in [0.15, 0.2) is 18.2 Å². The highest BCUT2D eigenvalue weighted by atomic mass is 16.1. The van der Waals surface area contributed by atoms with Crippen molar-refractivity contribution in [2.45, 2.75) is 34.1 Å². The molecule has 1 atom stereocenters. The van der Waals surface area contributed by atoms with Crippen LogP contribution in [-0.4, -0.2) is 25.5 Å². The van der Waals surface area contributed by atoms with Gasteiger partial charge in [0.1, 0.15) is 0 Å². The molecule has 0 saturated carbocycles. The van der Waals surface area contributed by atoms with E-state index in [0.29, 0.717) is 23.7 Å². The molecule has 0 aliphatic rings. The molecule has 4 nitrogen and oxygen atoms in total. The molecule has 1 unspecified atom stereocenters. The Morgan fingerprint density at radius 1 is 1.35 bits per heavy atom. The highest BCUT2D eigenvalue weighted by molar-refractivity contribution is 5.96. The lowest BCUT2D eigenvalue weighted by molar-refractivity contribution is 0.0956. The molecule has 0 bridgehead atoms. The van der Waals surface area contributed by atoms with Crippen LogP contribution in [0.2, 0.25) is 0 Å². The number of carbonyl (C=O) groups is 1. The quantitative estimate of drug-likeness (QED) is 0.753. The minimum Gasteiger partial charge on any atom is -0.397 e. The van der Waals surface area contributed by atoms with E-state index in [2.05, 4.69) is 31.0 Å². The fourth-order valence-corrected chi connectivity index (χ4v) is 2.15. The highest BCUT2D eigenvalue weighted by Gasteiger charge is 2.13. The van der Waals surface area contributed by atoms with Gasteiger partial charge in [-0.25, -0.2) is 0 Å². The van der Waals surface area contributed by atoms with Crippen LogP contribution in [0.3, 0.4) is 0 Å². The van der Waals surface area contributed by atoms with Crippen molar-refractivity contribution < 1.29 is 4.79 Å². The number of hydrogen-bond donors (Lipinski definition) is 2. The molecular weight excluding hydrogens is 250 g/mol. The molecule has 1 aromatic carbocycles. The lowest BCUT2D eigenvalue weighted by Gasteiger charge is -2.27. The van der Waals surface area contributed by atoms with E-state index in [1.807, 2.05) is 19.1 Å². The smallest absolute Gasteiger partial charge is 0.251 e. The van der Waals surface area contributed by atoms with Crippen LogP contribution in [0, 0.1) is 5.92 Å². The van der Waals surface area contributed by atoms with E-state index in [0.717, 1.165) is 25.2 Å². The van der Waals surface area contributed by atoms with Gasteiger partial charge in [0.05, 0.1) is 11.4 Å². The number of anilines is 2. The average molecular weight is 277 g/mol. The summed E-state index contributed by atoms with van der Waals surface area (Å²) in [7, 11) is 0. The minimum atomic E-state index is -0.0734. The Hall–Kier alpha value is -1.71. The first-order valence-electron chi connectivity index (χ1n) is 7.46. The standard InChI is InChI=1S/C16H27N3O/c1-5-12(4)11-19(7-3)15-9-8-13(10-14(15)17)16(20)18-6-2/h8-10,12H,5-7,11,17H2,1-4H3,(H,18,20). The maximum Gasteiger partial charge on any atom is 0.251 e. The number of nitrogen functional groups attached to an aromatic ring is 1. The monoisotopic (exact) mass is 277 g/mol. The molecule has 0 saturated heterocycles. The van der Waals surface area contributed by atoms with Crippen LogP contribution in [0.1, 0.15) is 44.5 Å². The molecule has 1 amide bonds. The minimum absolute atomic E-state index is 0.0734. The van der Waals surface area contributed by atoms with E-state index in [1.54, 1.807) is 6.07 Å². The molecular formula is C16H27N3O. The summed E-state index contributed by atoms with van der Waals surface area (Å²) in [5, 5.41) is 2.78. The third-order valence-electron chi connectivity index (χ3n) is 3.58. The summed E-state index contributed by atoms with van der Waals surface area (Å²) < 4.78 is 0. The van der Waals surface area contributed by atoms with Crippen LogP contribution >= 0.6 is 0 Å². The van der Waals surface area contributed by atoms with Crippen LogP contribution in [0.25, 0.3) is 0 Å². The molecule has 0 aromatic heterocycles. The predicted octanol–water partition coefficient (Wildman–Crippen LogP) is 2.89. The zero-order chi connectivity index (χ0) is 15.1. The number of nitrogens with zero attached hydrogens (tertiary/aromatic N) is 1. The van der Waals surface area contributed by atoms with E-state index >= 15 is 0 Å². The van der Waals surface area contributed by atoms with Gasteiger partial charge in [-0.3, -0.25) is 4.79 Å². The van der Waals surface area contributed by atoms with Crippen LogP contribution < -0.4 is 16.0 Å². The number of benzene rings is 1. The average Bonchev–Trinajstić information content (AvgIpc) is 2.45. The Bertz CT molecular complexity index is 445. The molecule has 20 heavy (non-hydrogen) atoms. The molecule has 0 fully saturated rings. The van der Waals surface area contributed by atoms with Gasteiger partial charge in [-0.05, 0) is 38.0 Å². The topological polar surface area (TPSA) is 58.4 Å². The summed E-state index contributed by atoms with van der Waals surface area (Å²) in [6, 6.07) is 5.56. The van der Waals surface area contributed by atoms with Crippen LogP contribution in [0.5, 0.6) is 0 Å². The first kappa shape index (κ1) is 16.3. The molecule has 112 valence electrons. The first-order chi connectivity index (χ1) is 9.53. The fourth-order valence-electron chi connectivity index (χ4n) is 2.15. The lowest BCUT2D eigenvalue weighted by atomic mass is 10.1. The SMILES string of the molecule is CCNC(=O)c1ccc(N(CC)CC(C)CC)c(N)c1. The van der Waals surface area contributed by atoms with Crippen LogP contribution in [-0.2, 0) is 0 Å². The molecule has 4 heteroatoms. The molecule has 3 N–H and O–H groups in total. The Balaban J connectivity index is 2.93. The maximum absolute atomic E-state index is 11.8. The lowest BCUT2D eigenvalue weighted by Crippen LogP contribution is -2.29. The molecule has 1 aromatic rings. The second-order valence-electron chi connectivity index (χ2n) is 5.19. The Labute approximate surface area is 122 Å². The summed E-state index contributed by atoms with van der Waals surface area (Å²) in [5.74, 6) is 0.549. The number of nitrogens with two attached hydrogens (primary N) is 1. The normalized spacial score (nSPS) is 12.0. The van der Waals surface area contributed by atoms with Crippen molar-refractivity contribution in [3.63, 3.8) is 0 Å². The number of hydrogen-bond acceptors (Lipinski definition) is 3. The number of rotatable bonds is 7. The van der Waals surface area contributed by atoms with Gasteiger partial charge in [0.25, 0.3) is 5.91 Å². The summed E-state index contributed by atoms with van der Waals surface area (Å²) in [4.78, 5) is 14.1. The molecule has 0 aliphatic heterocycles. The van der Waals surface area contributed by atoms with Crippen molar-refractivity contribution in [1.29, 1.82) is 0 Å². The van der Waals surface area contributed by atoms with Gasteiger partial charge in [-0.15, -0.1) is 0 Å². The Kier molecular flexibility index (Phi) is 6.36. The van der Waals surface area contributed by atoms with E-state index < -0.39 is 0 Å². The van der Waals surface area contributed by atoms with Crippen molar-refractivity contribution in [3.8, 4) is 0 Å². The maximum atomic E-state index is 11.8. The van der Waals surface area contributed by atoms with Gasteiger partial charge in [-0.1, -0.05) is 20.3 Å². The van der Waals surface area contributed by atoms with Gasteiger partial charge in [-0.2, -0.15) is 0 Å². The molecule has 0 heterocycles. The van der Waals surface area contributed by atoms with Crippen LogP contribution in [0.4, 0.5) is 11.4 Å². The number of amides is 1. The highest BCUT2D eigenvalue weighted by Crippen LogP contribution is 2.25. The second-order valence-corrected chi connectivity index (χ2v) is 5.19. The molecule has 1 rings (SSSR count). The van der Waals surface area contributed by atoms with Crippen molar-refractivity contribution in [2.75, 3.05) is 30.3 Å². The van der Waals surface area contributed by atoms with E-state index in [1.165, 1.54) is 0 Å². The van der Waals surface area contributed by atoms with Gasteiger partial charge < -0.3 is 16.0 Å². The van der Waals surface area contributed by atoms with Gasteiger partial charge in [0.15, 0.2) is 0 Å². The zero-order valence-corrected chi connectivity index (χ0v) is 13.1. The van der Waals surface area contributed by atoms with E-state index in [4.69, 9.17) is 5.73 Å². The number of nitrogens with one attached hydrogen (secondary N) is 1. The second kappa shape index (κ2) is 7.78. The van der Waals surface area contributed by atoms with E-state index in [-0.39, 0.29) is 5.91 Å². The van der Waals surface area contributed by atoms with E-state index in [9.17, 15) is 4.79 Å².